The lowest BCUT2D eigenvalue weighted by Gasteiger charge is -2.23. The molecule has 18 heavy (non-hydrogen) atoms. The van der Waals surface area contributed by atoms with Gasteiger partial charge in [-0.15, -0.1) is 0 Å². The first-order valence-corrected chi connectivity index (χ1v) is 6.36. The summed E-state index contributed by atoms with van der Waals surface area (Å²) in [6.45, 7) is 0. The molecule has 0 amide bonds. The van der Waals surface area contributed by atoms with Gasteiger partial charge < -0.3 is 0 Å². The molecule has 0 fully saturated rings. The molecular weight excluding hydrogens is 246 g/mol. The minimum Gasteiger partial charge on any atom is -0.293 e. The minimum absolute atomic E-state index is 0.0790. The van der Waals surface area contributed by atoms with Crippen molar-refractivity contribution in [1.29, 1.82) is 0 Å². The van der Waals surface area contributed by atoms with Crippen molar-refractivity contribution < 1.29 is 4.79 Å². The number of hydrogen-bond acceptors (Lipinski definition) is 2. The fourth-order valence-electron chi connectivity index (χ4n) is 2.51. The van der Waals surface area contributed by atoms with E-state index in [9.17, 15) is 4.79 Å². The van der Waals surface area contributed by atoms with Crippen molar-refractivity contribution in [3.8, 4) is 0 Å². The summed E-state index contributed by atoms with van der Waals surface area (Å²) in [4.78, 5) is 16.6. The molecule has 2 aromatic rings. The minimum atomic E-state index is -0.0790. The molecule has 3 heteroatoms. The molecule has 3 rings (SSSR count). The third-order valence-corrected chi connectivity index (χ3v) is 3.68. The zero-order valence-corrected chi connectivity index (χ0v) is 10.5. The average Bonchev–Trinajstić information content (AvgIpc) is 2.41. The number of rotatable bonds is 1. The van der Waals surface area contributed by atoms with Gasteiger partial charge in [-0.25, -0.2) is 0 Å². The lowest BCUT2D eigenvalue weighted by atomic mass is 9.79. The monoisotopic (exact) mass is 257 g/mol. The fraction of sp³-hybridized carbons (Fsp3) is 0.200. The Morgan fingerprint density at radius 2 is 2.17 bits per heavy atom. The zero-order valence-electron chi connectivity index (χ0n) is 9.77. The predicted molar refractivity (Wildman–Crippen MR) is 71.1 cm³/mol. The third kappa shape index (κ3) is 1.93. The summed E-state index contributed by atoms with van der Waals surface area (Å²) in [6, 6.07) is 9.41. The first-order valence-electron chi connectivity index (χ1n) is 5.98. The van der Waals surface area contributed by atoms with Crippen LogP contribution in [0.5, 0.6) is 0 Å². The predicted octanol–water partition coefficient (Wildman–Crippen LogP) is 3.65. The number of halogens is 1. The number of nitrogens with zero attached hydrogens (tertiary/aromatic N) is 1. The van der Waals surface area contributed by atoms with Crippen molar-refractivity contribution in [3.63, 3.8) is 0 Å². The van der Waals surface area contributed by atoms with Crippen LogP contribution in [-0.2, 0) is 6.42 Å². The van der Waals surface area contributed by atoms with E-state index >= 15 is 0 Å². The number of hydrogen-bond donors (Lipinski definition) is 0. The number of carbonyl (C=O) groups excluding carboxylic acids is 1. The number of aromatic nitrogens is 1. The number of fused-ring (bicyclic) bond motifs is 1. The molecule has 0 N–H and O–H groups in total. The Hall–Kier alpha value is -1.67. The van der Waals surface area contributed by atoms with Crippen LogP contribution in [0.4, 0.5) is 0 Å². The van der Waals surface area contributed by atoms with Crippen LogP contribution in [-0.4, -0.2) is 10.8 Å². The normalized spacial score (nSPS) is 18.5. The average molecular weight is 258 g/mol. The highest BCUT2D eigenvalue weighted by atomic mass is 35.5. The van der Waals surface area contributed by atoms with Crippen LogP contribution < -0.4 is 0 Å². The van der Waals surface area contributed by atoms with Crippen molar-refractivity contribution in [3.05, 3.63) is 64.4 Å². The summed E-state index contributed by atoms with van der Waals surface area (Å²) in [6.07, 6.45) is 5.26. The van der Waals surface area contributed by atoms with Gasteiger partial charge in [0.15, 0.2) is 5.78 Å². The molecule has 1 aromatic heterocycles. The largest absolute Gasteiger partial charge is 0.293 e. The van der Waals surface area contributed by atoms with E-state index in [0.29, 0.717) is 5.02 Å². The molecule has 1 atom stereocenters. The van der Waals surface area contributed by atoms with Crippen LogP contribution in [0.1, 0.15) is 33.8 Å². The van der Waals surface area contributed by atoms with Crippen molar-refractivity contribution in [2.45, 2.75) is 18.8 Å². The molecule has 0 saturated carbocycles. The molecule has 1 heterocycles. The standard InChI is InChI=1S/C15H12ClNO/c16-12-5-3-10-4-6-13(15(18)14(10)8-12)11-2-1-7-17-9-11/h1-3,5,7-9,13H,4,6H2/t13-/m1/s1. The van der Waals surface area contributed by atoms with E-state index in [1.165, 1.54) is 0 Å². The number of pyridine rings is 1. The van der Waals surface area contributed by atoms with Gasteiger partial charge in [-0.05, 0) is 42.2 Å². The molecule has 1 aromatic carbocycles. The molecule has 1 aliphatic carbocycles. The molecule has 90 valence electrons. The number of benzene rings is 1. The highest BCUT2D eigenvalue weighted by Crippen LogP contribution is 2.33. The first kappa shape index (κ1) is 11.4. The van der Waals surface area contributed by atoms with Crippen LogP contribution in [0.2, 0.25) is 5.02 Å². The lowest BCUT2D eigenvalue weighted by Crippen LogP contribution is -2.21. The SMILES string of the molecule is O=C1c2cc(Cl)ccc2CC[C@@H]1c1cccnc1. The molecule has 0 radical (unpaired) electrons. The maximum atomic E-state index is 12.5. The molecule has 0 bridgehead atoms. The van der Waals surface area contributed by atoms with Crippen LogP contribution in [0.25, 0.3) is 0 Å². The molecule has 2 nitrogen and oxygen atoms in total. The van der Waals surface area contributed by atoms with Crippen molar-refractivity contribution >= 4 is 17.4 Å². The number of ketones is 1. The van der Waals surface area contributed by atoms with Gasteiger partial charge in [0, 0.05) is 28.9 Å². The van der Waals surface area contributed by atoms with Crippen LogP contribution in [0.15, 0.2) is 42.7 Å². The van der Waals surface area contributed by atoms with Gasteiger partial charge in [0.05, 0.1) is 0 Å². The summed E-state index contributed by atoms with van der Waals surface area (Å²) in [5.41, 5.74) is 2.86. The van der Waals surface area contributed by atoms with Crippen LogP contribution in [0.3, 0.4) is 0 Å². The molecular formula is C15H12ClNO. The van der Waals surface area contributed by atoms with Gasteiger partial charge in [-0.3, -0.25) is 9.78 Å². The van der Waals surface area contributed by atoms with Crippen molar-refractivity contribution in [1.82, 2.24) is 4.98 Å². The van der Waals surface area contributed by atoms with Gasteiger partial charge in [0.25, 0.3) is 0 Å². The van der Waals surface area contributed by atoms with Crippen LogP contribution in [0, 0.1) is 0 Å². The Morgan fingerprint density at radius 1 is 1.28 bits per heavy atom. The van der Waals surface area contributed by atoms with E-state index in [-0.39, 0.29) is 11.7 Å². The van der Waals surface area contributed by atoms with E-state index in [4.69, 9.17) is 11.6 Å². The van der Waals surface area contributed by atoms with Gasteiger partial charge in [0.1, 0.15) is 0 Å². The Bertz CT molecular complexity index is 595. The van der Waals surface area contributed by atoms with Crippen molar-refractivity contribution in [2.24, 2.45) is 0 Å². The number of aryl methyl sites for hydroxylation is 1. The summed E-state index contributed by atoms with van der Waals surface area (Å²) in [7, 11) is 0. The molecule has 0 aliphatic heterocycles. The van der Waals surface area contributed by atoms with Crippen molar-refractivity contribution in [2.75, 3.05) is 0 Å². The van der Waals surface area contributed by atoms with E-state index in [1.807, 2.05) is 24.3 Å². The maximum Gasteiger partial charge on any atom is 0.170 e. The molecule has 0 unspecified atom stereocenters. The zero-order chi connectivity index (χ0) is 12.5. The van der Waals surface area contributed by atoms with Gasteiger partial charge in [-0.1, -0.05) is 23.7 Å². The smallest absolute Gasteiger partial charge is 0.170 e. The first-order chi connectivity index (χ1) is 8.75. The highest BCUT2D eigenvalue weighted by molar-refractivity contribution is 6.31. The summed E-state index contributed by atoms with van der Waals surface area (Å²) in [5, 5.41) is 0.619. The third-order valence-electron chi connectivity index (χ3n) is 3.44. The number of carbonyl (C=O) groups is 1. The lowest BCUT2D eigenvalue weighted by molar-refractivity contribution is 0.0946. The topological polar surface area (TPSA) is 30.0 Å². The second-order valence-corrected chi connectivity index (χ2v) is 4.98. The summed E-state index contributed by atoms with van der Waals surface area (Å²) in [5.74, 6) is 0.0800. The Labute approximate surface area is 111 Å². The van der Waals surface area contributed by atoms with E-state index in [0.717, 1.165) is 29.5 Å². The second kappa shape index (κ2) is 4.54. The van der Waals surface area contributed by atoms with E-state index in [1.54, 1.807) is 18.5 Å². The second-order valence-electron chi connectivity index (χ2n) is 4.54. The maximum absolute atomic E-state index is 12.5. The molecule has 1 aliphatic rings. The van der Waals surface area contributed by atoms with E-state index < -0.39 is 0 Å². The van der Waals surface area contributed by atoms with Gasteiger partial charge >= 0.3 is 0 Å². The molecule has 0 saturated heterocycles. The van der Waals surface area contributed by atoms with Gasteiger partial charge in [-0.2, -0.15) is 0 Å². The van der Waals surface area contributed by atoms with Gasteiger partial charge in [0.2, 0.25) is 0 Å². The Balaban J connectivity index is 2.02. The Morgan fingerprint density at radius 3 is 2.94 bits per heavy atom. The van der Waals surface area contributed by atoms with Crippen LogP contribution >= 0.6 is 11.6 Å². The Kier molecular flexibility index (Phi) is 2.88. The summed E-state index contributed by atoms with van der Waals surface area (Å²) < 4.78 is 0. The van der Waals surface area contributed by atoms with E-state index in [2.05, 4.69) is 4.98 Å². The quantitative estimate of drug-likeness (QED) is 0.781. The molecule has 0 spiro atoms. The summed E-state index contributed by atoms with van der Waals surface area (Å²) >= 11 is 5.97. The fourth-order valence-corrected chi connectivity index (χ4v) is 2.69. The number of Topliss-reactive ketones (excluding diaryl/α,β-unsaturated/α-hetero) is 1. The highest BCUT2D eigenvalue weighted by Gasteiger charge is 2.28.